The molecule has 0 saturated heterocycles. The zero-order chi connectivity index (χ0) is 10.1. The summed E-state index contributed by atoms with van der Waals surface area (Å²) in [5.74, 6) is 0. The summed E-state index contributed by atoms with van der Waals surface area (Å²) in [6.07, 6.45) is 0. The van der Waals surface area contributed by atoms with Crippen molar-refractivity contribution in [2.24, 2.45) is 7.05 Å². The van der Waals surface area contributed by atoms with Gasteiger partial charge in [-0.3, -0.25) is 0 Å². The molecule has 0 fully saturated rings. The Morgan fingerprint density at radius 3 is 2.46 bits per heavy atom. The molecule has 1 N–H and O–H groups in total. The maximum atomic E-state index is 3.91. The number of hydrogen-bond donors (Lipinski definition) is 1. The molecule has 1 rings (SSSR count). The average molecular weight is 247 g/mol. The number of hydrogen-bond acceptors (Lipinski definition) is 3. The predicted octanol–water partition coefficient (Wildman–Crippen LogP) is 1.47. The van der Waals surface area contributed by atoms with Crippen LogP contribution in [0, 0.1) is 0 Å². The summed E-state index contributed by atoms with van der Waals surface area (Å²) in [6.45, 7) is 7.16. The topological polar surface area (TPSA) is 42.7 Å². The van der Waals surface area contributed by atoms with E-state index in [1.54, 1.807) is 4.68 Å². The molecule has 0 amide bonds. The molecule has 0 spiro atoms. The molecule has 13 heavy (non-hydrogen) atoms. The van der Waals surface area contributed by atoms with E-state index in [-0.39, 0.29) is 5.54 Å². The SMILES string of the molecule is Cn1nnc(Br)c1CNC(C)(C)C. The highest BCUT2D eigenvalue weighted by Gasteiger charge is 2.12. The summed E-state index contributed by atoms with van der Waals surface area (Å²) >= 11 is 3.35. The van der Waals surface area contributed by atoms with Crippen LogP contribution in [0.25, 0.3) is 0 Å². The van der Waals surface area contributed by atoms with Gasteiger partial charge >= 0.3 is 0 Å². The Balaban J connectivity index is 2.64. The van der Waals surface area contributed by atoms with Crippen LogP contribution in [0.2, 0.25) is 0 Å². The van der Waals surface area contributed by atoms with Crippen molar-refractivity contribution in [3.05, 3.63) is 10.3 Å². The second-order valence-electron chi connectivity index (χ2n) is 4.05. The predicted molar refractivity (Wildman–Crippen MR) is 55.3 cm³/mol. The zero-order valence-corrected chi connectivity index (χ0v) is 10.0. The van der Waals surface area contributed by atoms with E-state index in [0.717, 1.165) is 16.8 Å². The van der Waals surface area contributed by atoms with Gasteiger partial charge in [-0.15, -0.1) is 5.10 Å². The van der Waals surface area contributed by atoms with E-state index in [2.05, 4.69) is 52.3 Å². The van der Waals surface area contributed by atoms with Crippen molar-refractivity contribution in [2.45, 2.75) is 32.9 Å². The zero-order valence-electron chi connectivity index (χ0n) is 8.43. The van der Waals surface area contributed by atoms with E-state index in [1.807, 2.05) is 7.05 Å². The fraction of sp³-hybridized carbons (Fsp3) is 0.750. The lowest BCUT2D eigenvalue weighted by Gasteiger charge is -2.20. The van der Waals surface area contributed by atoms with Gasteiger partial charge in [-0.05, 0) is 36.7 Å². The van der Waals surface area contributed by atoms with E-state index < -0.39 is 0 Å². The summed E-state index contributed by atoms with van der Waals surface area (Å²) in [4.78, 5) is 0. The Bertz CT molecular complexity index is 267. The van der Waals surface area contributed by atoms with E-state index in [0.29, 0.717) is 0 Å². The Labute approximate surface area is 86.8 Å². The van der Waals surface area contributed by atoms with E-state index in [4.69, 9.17) is 0 Å². The van der Waals surface area contributed by atoms with Crippen molar-refractivity contribution in [1.82, 2.24) is 20.3 Å². The molecule has 0 aliphatic rings. The molecule has 0 atom stereocenters. The fourth-order valence-electron chi connectivity index (χ4n) is 0.888. The number of aromatic nitrogens is 3. The van der Waals surface area contributed by atoms with Gasteiger partial charge in [0, 0.05) is 19.1 Å². The van der Waals surface area contributed by atoms with Gasteiger partial charge in [-0.2, -0.15) is 0 Å². The maximum absolute atomic E-state index is 3.91. The van der Waals surface area contributed by atoms with Gasteiger partial charge in [0.2, 0.25) is 0 Å². The minimum Gasteiger partial charge on any atom is -0.306 e. The maximum Gasteiger partial charge on any atom is 0.152 e. The van der Waals surface area contributed by atoms with E-state index in [9.17, 15) is 0 Å². The standard InChI is InChI=1S/C8H15BrN4/c1-8(2,3)10-5-6-7(9)11-12-13(6)4/h10H,5H2,1-4H3. The average Bonchev–Trinajstić information content (AvgIpc) is 2.27. The minimum atomic E-state index is 0.115. The first kappa shape index (κ1) is 10.7. The highest BCUT2D eigenvalue weighted by molar-refractivity contribution is 9.10. The molecule has 0 aliphatic carbocycles. The molecule has 1 aromatic rings. The highest BCUT2D eigenvalue weighted by atomic mass is 79.9. The van der Waals surface area contributed by atoms with Crippen molar-refractivity contribution >= 4 is 15.9 Å². The minimum absolute atomic E-state index is 0.115. The van der Waals surface area contributed by atoms with Crippen molar-refractivity contribution in [2.75, 3.05) is 0 Å². The lowest BCUT2D eigenvalue weighted by Crippen LogP contribution is -2.35. The molecule has 0 aliphatic heterocycles. The first-order valence-corrected chi connectivity index (χ1v) is 4.98. The third kappa shape index (κ3) is 3.08. The smallest absolute Gasteiger partial charge is 0.152 e. The van der Waals surface area contributed by atoms with Gasteiger partial charge in [-0.1, -0.05) is 5.21 Å². The van der Waals surface area contributed by atoms with Crippen molar-refractivity contribution in [3.8, 4) is 0 Å². The summed E-state index contributed by atoms with van der Waals surface area (Å²) in [6, 6.07) is 0. The molecule has 0 radical (unpaired) electrons. The van der Waals surface area contributed by atoms with Crippen LogP contribution in [0.3, 0.4) is 0 Å². The monoisotopic (exact) mass is 246 g/mol. The molecule has 0 unspecified atom stereocenters. The normalized spacial score (nSPS) is 12.1. The summed E-state index contributed by atoms with van der Waals surface area (Å²) in [5.41, 5.74) is 1.18. The second kappa shape index (κ2) is 3.75. The van der Waals surface area contributed by atoms with Crippen LogP contribution < -0.4 is 5.32 Å². The molecule has 0 aromatic carbocycles. The van der Waals surface area contributed by atoms with Gasteiger partial charge in [0.15, 0.2) is 4.60 Å². The van der Waals surface area contributed by atoms with Crippen LogP contribution >= 0.6 is 15.9 Å². The summed E-state index contributed by atoms with van der Waals surface area (Å²) in [7, 11) is 1.89. The molecule has 5 heteroatoms. The number of nitrogens with zero attached hydrogens (tertiary/aromatic N) is 3. The quantitative estimate of drug-likeness (QED) is 0.860. The third-order valence-electron chi connectivity index (χ3n) is 1.68. The van der Waals surface area contributed by atoms with Crippen LogP contribution in [0.15, 0.2) is 4.60 Å². The van der Waals surface area contributed by atoms with Gasteiger partial charge in [0.25, 0.3) is 0 Å². The van der Waals surface area contributed by atoms with Gasteiger partial charge < -0.3 is 5.32 Å². The molecule has 1 aromatic heterocycles. The Morgan fingerprint density at radius 2 is 2.08 bits per heavy atom. The largest absolute Gasteiger partial charge is 0.306 e. The highest BCUT2D eigenvalue weighted by Crippen LogP contribution is 2.12. The lowest BCUT2D eigenvalue weighted by atomic mass is 10.1. The molecule has 4 nitrogen and oxygen atoms in total. The first-order chi connectivity index (χ1) is 5.90. The van der Waals surface area contributed by atoms with Crippen molar-refractivity contribution in [3.63, 3.8) is 0 Å². The number of halogens is 1. The van der Waals surface area contributed by atoms with Crippen molar-refractivity contribution < 1.29 is 0 Å². The second-order valence-corrected chi connectivity index (χ2v) is 4.81. The van der Waals surface area contributed by atoms with Gasteiger partial charge in [0.05, 0.1) is 5.69 Å². The van der Waals surface area contributed by atoms with Crippen LogP contribution in [0.4, 0.5) is 0 Å². The van der Waals surface area contributed by atoms with Crippen LogP contribution in [-0.2, 0) is 13.6 Å². The molecular weight excluding hydrogens is 232 g/mol. The molecule has 0 bridgehead atoms. The first-order valence-electron chi connectivity index (χ1n) is 4.19. The van der Waals surface area contributed by atoms with Gasteiger partial charge in [0.1, 0.15) is 0 Å². The Kier molecular flexibility index (Phi) is 3.08. The lowest BCUT2D eigenvalue weighted by molar-refractivity contribution is 0.415. The molecular formula is C8H15BrN4. The van der Waals surface area contributed by atoms with Crippen LogP contribution in [0.5, 0.6) is 0 Å². The van der Waals surface area contributed by atoms with Crippen LogP contribution in [-0.4, -0.2) is 20.5 Å². The fourth-order valence-corrected chi connectivity index (χ4v) is 1.36. The molecule has 74 valence electrons. The van der Waals surface area contributed by atoms with E-state index in [1.165, 1.54) is 0 Å². The molecule has 1 heterocycles. The van der Waals surface area contributed by atoms with Gasteiger partial charge in [-0.25, -0.2) is 4.68 Å². The molecule has 0 saturated carbocycles. The number of nitrogens with one attached hydrogen (secondary N) is 1. The summed E-state index contributed by atoms with van der Waals surface area (Å²) < 4.78 is 2.58. The third-order valence-corrected chi connectivity index (χ3v) is 2.30. The number of aryl methyl sites for hydroxylation is 1. The van der Waals surface area contributed by atoms with E-state index >= 15 is 0 Å². The Hall–Kier alpha value is -0.420. The Morgan fingerprint density at radius 1 is 1.46 bits per heavy atom. The van der Waals surface area contributed by atoms with Crippen LogP contribution in [0.1, 0.15) is 26.5 Å². The van der Waals surface area contributed by atoms with Crippen molar-refractivity contribution in [1.29, 1.82) is 0 Å². The summed E-state index contributed by atoms with van der Waals surface area (Å²) in [5, 5.41) is 11.2. The number of rotatable bonds is 2.